The summed E-state index contributed by atoms with van der Waals surface area (Å²) in [6, 6.07) is 65.3. The first kappa shape index (κ1) is 29.3. The normalized spacial score (nSPS) is 12.1. The third kappa shape index (κ3) is 4.08. The van der Waals surface area contributed by atoms with Crippen molar-refractivity contribution in [3.63, 3.8) is 0 Å². The molecule has 54 heavy (non-hydrogen) atoms. The van der Waals surface area contributed by atoms with E-state index in [1.54, 1.807) is 0 Å². The van der Waals surface area contributed by atoms with Gasteiger partial charge in [-0.2, -0.15) is 0 Å². The zero-order chi connectivity index (χ0) is 35.3. The van der Waals surface area contributed by atoms with Crippen LogP contribution in [0.25, 0.3) is 111 Å². The Morgan fingerprint density at radius 3 is 1.59 bits per heavy atom. The van der Waals surface area contributed by atoms with Crippen LogP contribution in [0.2, 0.25) is 0 Å². The second-order valence-electron chi connectivity index (χ2n) is 14.2. The van der Waals surface area contributed by atoms with E-state index in [1.165, 1.54) is 48.9 Å². The van der Waals surface area contributed by atoms with Gasteiger partial charge in [0.2, 0.25) is 0 Å². The van der Waals surface area contributed by atoms with E-state index in [4.69, 9.17) is 9.97 Å². The van der Waals surface area contributed by atoms with E-state index in [0.717, 1.165) is 56.0 Å². The van der Waals surface area contributed by atoms with Crippen molar-refractivity contribution in [3.8, 4) is 56.4 Å². The maximum absolute atomic E-state index is 5.37. The lowest BCUT2D eigenvalue weighted by atomic mass is 9.99. The number of nitrogens with zero attached hydrogens (tertiary/aromatic N) is 4. The van der Waals surface area contributed by atoms with Crippen LogP contribution < -0.4 is 0 Å². The Labute approximate surface area is 310 Å². The molecule has 4 nitrogen and oxygen atoms in total. The van der Waals surface area contributed by atoms with E-state index in [0.29, 0.717) is 5.82 Å². The Kier molecular flexibility index (Phi) is 6.02. The number of hydrogen-bond donors (Lipinski definition) is 0. The molecule has 3 heterocycles. The fourth-order valence-electron chi connectivity index (χ4n) is 8.95. The number of rotatable bonds is 4. The molecule has 4 heteroatoms. The van der Waals surface area contributed by atoms with Gasteiger partial charge in [-0.15, -0.1) is 0 Å². The fourth-order valence-corrected chi connectivity index (χ4v) is 8.95. The number of fused-ring (bicyclic) bond motifs is 9. The average molecular weight is 687 g/mol. The molecule has 0 bridgehead atoms. The molecule has 11 aromatic rings. The van der Waals surface area contributed by atoms with E-state index in [9.17, 15) is 0 Å². The minimum atomic E-state index is 0.716. The van der Waals surface area contributed by atoms with Gasteiger partial charge in [0.15, 0.2) is 5.82 Å². The highest BCUT2D eigenvalue weighted by molar-refractivity contribution is 6.17. The molecule has 0 N–H and O–H groups in total. The molecule has 8 aromatic carbocycles. The highest BCUT2D eigenvalue weighted by Crippen LogP contribution is 2.50. The number of hydrogen-bond acceptors (Lipinski definition) is 2. The van der Waals surface area contributed by atoms with Crippen molar-refractivity contribution >= 4 is 54.4 Å². The lowest BCUT2D eigenvalue weighted by molar-refractivity contribution is 1.15. The molecule has 1 aliphatic carbocycles. The first-order chi connectivity index (χ1) is 26.8. The molecule has 1 aliphatic rings. The Hall–Kier alpha value is -7.30. The van der Waals surface area contributed by atoms with E-state index >= 15 is 0 Å². The topological polar surface area (TPSA) is 35.6 Å². The van der Waals surface area contributed by atoms with Crippen molar-refractivity contribution in [2.75, 3.05) is 0 Å². The van der Waals surface area contributed by atoms with Gasteiger partial charge in [-0.1, -0.05) is 133 Å². The minimum absolute atomic E-state index is 0.716. The summed E-state index contributed by atoms with van der Waals surface area (Å²) >= 11 is 0. The van der Waals surface area contributed by atoms with Crippen LogP contribution in [0.15, 0.2) is 182 Å². The molecule has 0 amide bonds. The maximum atomic E-state index is 5.37. The van der Waals surface area contributed by atoms with Gasteiger partial charge < -0.3 is 9.13 Å². The molecule has 3 aromatic heterocycles. The molecule has 0 aliphatic heterocycles. The number of benzene rings is 8. The fraction of sp³-hybridized carbons (Fsp3) is 0. The summed E-state index contributed by atoms with van der Waals surface area (Å²) in [5, 5.41) is 7.42. The summed E-state index contributed by atoms with van der Waals surface area (Å²) in [5.41, 5.74) is 14.4. The van der Waals surface area contributed by atoms with E-state index in [2.05, 4.69) is 191 Å². The molecular weight excluding hydrogens is 657 g/mol. The second-order valence-corrected chi connectivity index (χ2v) is 14.2. The highest BCUT2D eigenvalue weighted by Gasteiger charge is 2.28. The molecule has 0 radical (unpaired) electrons. The molecule has 0 spiro atoms. The summed E-state index contributed by atoms with van der Waals surface area (Å²) in [4.78, 5) is 10.7. The van der Waals surface area contributed by atoms with Crippen molar-refractivity contribution < 1.29 is 0 Å². The van der Waals surface area contributed by atoms with Gasteiger partial charge in [-0.3, -0.25) is 0 Å². The van der Waals surface area contributed by atoms with Crippen LogP contribution in [0, 0.1) is 0 Å². The molecule has 0 atom stereocenters. The van der Waals surface area contributed by atoms with E-state index in [-0.39, 0.29) is 0 Å². The Morgan fingerprint density at radius 1 is 0.352 bits per heavy atom. The van der Waals surface area contributed by atoms with Crippen molar-refractivity contribution in [3.05, 3.63) is 182 Å². The molecule has 0 fully saturated rings. The molecule has 0 unspecified atom stereocenters. The van der Waals surface area contributed by atoms with E-state index < -0.39 is 0 Å². The largest absolute Gasteiger partial charge is 0.309 e. The summed E-state index contributed by atoms with van der Waals surface area (Å²) < 4.78 is 4.77. The Morgan fingerprint density at radius 2 is 0.889 bits per heavy atom. The highest BCUT2D eigenvalue weighted by atomic mass is 15.0. The zero-order valence-corrected chi connectivity index (χ0v) is 29.1. The lowest BCUT2D eigenvalue weighted by Crippen LogP contribution is -1.99. The van der Waals surface area contributed by atoms with Gasteiger partial charge in [0, 0.05) is 55.2 Å². The van der Waals surface area contributed by atoms with Gasteiger partial charge in [0.1, 0.15) is 0 Å². The average Bonchev–Trinajstić information content (AvgIpc) is 3.87. The summed E-state index contributed by atoms with van der Waals surface area (Å²) in [6.45, 7) is 0. The SMILES string of the molecule is c1ccc(-c2nc(-c3cccc(-n4c5ccccc5c5cc(-n6c7ccccc7c7ccccc76)ccc54)c3)nc3c2-c2cccc4cccc-3c24)cc1. The predicted molar refractivity (Wildman–Crippen MR) is 224 cm³/mol. The maximum Gasteiger partial charge on any atom is 0.160 e. The van der Waals surface area contributed by atoms with Crippen LogP contribution >= 0.6 is 0 Å². The van der Waals surface area contributed by atoms with Crippen LogP contribution in [-0.2, 0) is 0 Å². The number of para-hydroxylation sites is 3. The molecule has 12 rings (SSSR count). The Balaban J connectivity index is 1.06. The van der Waals surface area contributed by atoms with E-state index in [1.807, 2.05) is 0 Å². The lowest BCUT2D eigenvalue weighted by Gasteiger charge is -2.14. The third-order valence-corrected chi connectivity index (χ3v) is 11.2. The second kappa shape index (κ2) is 11.1. The Bertz CT molecular complexity index is 3270. The van der Waals surface area contributed by atoms with Crippen LogP contribution in [0.1, 0.15) is 0 Å². The summed E-state index contributed by atoms with van der Waals surface area (Å²) in [6.07, 6.45) is 0. The van der Waals surface area contributed by atoms with Crippen molar-refractivity contribution in [1.29, 1.82) is 0 Å². The summed E-state index contributed by atoms with van der Waals surface area (Å²) in [7, 11) is 0. The van der Waals surface area contributed by atoms with Gasteiger partial charge in [0.05, 0.1) is 33.5 Å². The van der Waals surface area contributed by atoms with Crippen molar-refractivity contribution in [1.82, 2.24) is 19.1 Å². The minimum Gasteiger partial charge on any atom is -0.309 e. The monoisotopic (exact) mass is 686 g/mol. The van der Waals surface area contributed by atoms with Gasteiger partial charge in [-0.25, -0.2) is 9.97 Å². The van der Waals surface area contributed by atoms with Crippen molar-refractivity contribution in [2.24, 2.45) is 0 Å². The first-order valence-electron chi connectivity index (χ1n) is 18.4. The first-order valence-corrected chi connectivity index (χ1v) is 18.4. The van der Waals surface area contributed by atoms with Gasteiger partial charge in [-0.05, 0) is 64.9 Å². The van der Waals surface area contributed by atoms with Crippen LogP contribution in [0.4, 0.5) is 0 Å². The molecule has 250 valence electrons. The van der Waals surface area contributed by atoms with Gasteiger partial charge in [0.25, 0.3) is 0 Å². The van der Waals surface area contributed by atoms with Crippen molar-refractivity contribution in [2.45, 2.75) is 0 Å². The predicted octanol–water partition coefficient (Wildman–Crippen LogP) is 12.8. The van der Waals surface area contributed by atoms with Crippen LogP contribution in [0.5, 0.6) is 0 Å². The van der Waals surface area contributed by atoms with Gasteiger partial charge >= 0.3 is 0 Å². The standard InChI is InChI=1S/C50H30N4/c1-2-13-32(14-3-1)48-47-39-22-11-15-31-16-12-23-40(46(31)39)49(47)52-50(51-48)33-17-10-18-34(29-33)53-44-26-9-6-21-38(44)41-30-35(27-28-45(41)53)54-42-24-7-4-19-36(42)37-20-5-8-25-43(37)54/h1-30H. The molecule has 0 saturated carbocycles. The summed E-state index contributed by atoms with van der Waals surface area (Å²) in [5.74, 6) is 0.716. The molecule has 0 saturated heterocycles. The zero-order valence-electron chi connectivity index (χ0n) is 29.1. The smallest absolute Gasteiger partial charge is 0.160 e. The quantitative estimate of drug-likeness (QED) is 0.185. The number of aromatic nitrogens is 4. The van der Waals surface area contributed by atoms with Crippen LogP contribution in [-0.4, -0.2) is 19.1 Å². The third-order valence-electron chi connectivity index (χ3n) is 11.2. The van der Waals surface area contributed by atoms with Crippen LogP contribution in [0.3, 0.4) is 0 Å². The molecular formula is C50H30N4.